The van der Waals surface area contributed by atoms with Gasteiger partial charge in [0.15, 0.2) is 5.78 Å². The number of epoxide rings is 1. The van der Waals surface area contributed by atoms with Crippen molar-refractivity contribution < 1.29 is 33.4 Å². The zero-order valence-electron chi connectivity index (χ0n) is 32.0. The van der Waals surface area contributed by atoms with Gasteiger partial charge in [0.1, 0.15) is 29.5 Å². The zero-order valence-corrected chi connectivity index (χ0v) is 32.0. The zero-order chi connectivity index (χ0) is 38.4. The second-order valence-electron chi connectivity index (χ2n) is 15.6. The van der Waals surface area contributed by atoms with Gasteiger partial charge in [0, 0.05) is 26.1 Å². The Morgan fingerprint density at radius 2 is 1.42 bits per heavy atom. The van der Waals surface area contributed by atoms with E-state index in [1.165, 1.54) is 0 Å². The maximum atomic E-state index is 14.3. The molecular formula is C41H59N5O7. The summed E-state index contributed by atoms with van der Waals surface area (Å²) in [4.78, 5) is 70.1. The Morgan fingerprint density at radius 1 is 0.830 bits per heavy atom. The van der Waals surface area contributed by atoms with E-state index < -0.39 is 41.1 Å². The third-order valence-electron chi connectivity index (χ3n) is 9.77. The minimum Gasteiger partial charge on any atom is -0.379 e. The molecule has 2 aliphatic rings. The molecule has 0 bridgehead atoms. The largest absolute Gasteiger partial charge is 0.379 e. The minimum atomic E-state index is -1.45. The Hall–Kier alpha value is -3.97. The van der Waals surface area contributed by atoms with Crippen LogP contribution in [0.15, 0.2) is 60.7 Å². The molecule has 12 nitrogen and oxygen atoms in total. The molecule has 2 heterocycles. The van der Waals surface area contributed by atoms with Gasteiger partial charge in [0.25, 0.3) is 0 Å². The number of rotatable bonds is 22. The number of carbonyl (C=O) groups excluding carboxylic acids is 5. The van der Waals surface area contributed by atoms with Crippen LogP contribution in [0.1, 0.15) is 65.0 Å². The van der Waals surface area contributed by atoms with Crippen LogP contribution in [0.2, 0.25) is 0 Å². The molecule has 0 radical (unpaired) electrons. The highest BCUT2D eigenvalue weighted by Gasteiger charge is 2.50. The summed E-state index contributed by atoms with van der Waals surface area (Å²) in [6.07, 6.45) is 2.56. The number of ether oxygens (including phenoxy) is 2. The second-order valence-corrected chi connectivity index (χ2v) is 15.6. The molecule has 2 fully saturated rings. The van der Waals surface area contributed by atoms with Crippen molar-refractivity contribution in [3.63, 3.8) is 0 Å². The van der Waals surface area contributed by atoms with Crippen molar-refractivity contribution in [2.45, 2.75) is 96.0 Å². The first-order chi connectivity index (χ1) is 25.3. The summed E-state index contributed by atoms with van der Waals surface area (Å²) in [6.45, 7) is 12.5. The highest BCUT2D eigenvalue weighted by Crippen LogP contribution is 2.30. The van der Waals surface area contributed by atoms with Gasteiger partial charge in [-0.2, -0.15) is 0 Å². The number of hydrogen-bond acceptors (Lipinski definition) is 9. The molecule has 4 N–H and O–H groups in total. The van der Waals surface area contributed by atoms with Gasteiger partial charge in [0.05, 0.1) is 32.4 Å². The molecule has 2 aliphatic heterocycles. The summed E-state index contributed by atoms with van der Waals surface area (Å²) in [6, 6.07) is 16.6. The number of ketones is 1. The monoisotopic (exact) mass is 733 g/mol. The van der Waals surface area contributed by atoms with Crippen LogP contribution in [0.3, 0.4) is 0 Å². The van der Waals surface area contributed by atoms with E-state index in [9.17, 15) is 24.0 Å². The Morgan fingerprint density at radius 3 is 1.98 bits per heavy atom. The first kappa shape index (κ1) is 41.8. The molecule has 0 saturated carbocycles. The second kappa shape index (κ2) is 19.9. The summed E-state index contributed by atoms with van der Waals surface area (Å²) in [5.41, 5.74) is -0.470. The van der Waals surface area contributed by atoms with Crippen molar-refractivity contribution in [2.24, 2.45) is 11.8 Å². The van der Waals surface area contributed by atoms with Gasteiger partial charge < -0.3 is 35.5 Å². The lowest BCUT2D eigenvalue weighted by Crippen LogP contribution is -2.64. The van der Waals surface area contributed by atoms with E-state index in [0.717, 1.165) is 17.4 Å². The molecule has 0 aliphatic carbocycles. The Kier molecular flexibility index (Phi) is 15.7. The topological polar surface area (TPSA) is 158 Å². The molecule has 0 spiro atoms. The van der Waals surface area contributed by atoms with Crippen molar-refractivity contribution >= 4 is 29.8 Å². The molecule has 53 heavy (non-hydrogen) atoms. The molecule has 4 rings (SSSR count). The first-order valence-corrected chi connectivity index (χ1v) is 19.0. The van der Waals surface area contributed by atoms with Crippen molar-refractivity contribution in [3.8, 4) is 0 Å². The van der Waals surface area contributed by atoms with Crippen LogP contribution < -0.4 is 21.3 Å². The van der Waals surface area contributed by atoms with Crippen molar-refractivity contribution in [3.05, 3.63) is 71.8 Å². The first-order valence-electron chi connectivity index (χ1n) is 19.0. The maximum Gasteiger partial charge on any atom is 0.243 e. The molecule has 2 aromatic rings. The SMILES string of the molecule is CC(C)CC(NC(=O)C(CCc1ccccc1)NC(=O)CN1CCOCC1)C(=O)NC(C=O)(CNC(CC(C)C)C(=O)C1(C)CO1)Cc1ccccc1. The summed E-state index contributed by atoms with van der Waals surface area (Å²) in [5.74, 6) is -1.18. The Balaban J connectivity index is 1.54. The third kappa shape index (κ3) is 13.4. The molecule has 3 amide bonds. The van der Waals surface area contributed by atoms with E-state index in [1.807, 2.05) is 93.3 Å². The molecule has 5 unspecified atom stereocenters. The average molecular weight is 734 g/mol. The highest BCUT2D eigenvalue weighted by atomic mass is 16.6. The molecule has 2 aromatic carbocycles. The van der Waals surface area contributed by atoms with Gasteiger partial charge in [-0.1, -0.05) is 88.4 Å². The van der Waals surface area contributed by atoms with Crippen LogP contribution in [-0.2, 0) is 46.3 Å². The summed E-state index contributed by atoms with van der Waals surface area (Å²) in [7, 11) is 0. The van der Waals surface area contributed by atoms with Gasteiger partial charge in [-0.25, -0.2) is 0 Å². The van der Waals surface area contributed by atoms with E-state index >= 15 is 0 Å². The van der Waals surface area contributed by atoms with E-state index in [1.54, 1.807) is 6.92 Å². The average Bonchev–Trinajstić information content (AvgIpc) is 3.90. The van der Waals surface area contributed by atoms with E-state index in [4.69, 9.17) is 9.47 Å². The van der Waals surface area contributed by atoms with Gasteiger partial charge in [-0.3, -0.25) is 24.1 Å². The molecule has 290 valence electrons. The number of aldehydes is 1. The number of nitrogens with zero attached hydrogens (tertiary/aromatic N) is 1. The highest BCUT2D eigenvalue weighted by molar-refractivity contribution is 5.95. The molecule has 5 atom stereocenters. The van der Waals surface area contributed by atoms with Crippen LogP contribution in [0.25, 0.3) is 0 Å². The van der Waals surface area contributed by atoms with Crippen LogP contribution in [0.5, 0.6) is 0 Å². The number of morpholine rings is 1. The van der Waals surface area contributed by atoms with Crippen molar-refractivity contribution in [1.82, 2.24) is 26.2 Å². The van der Waals surface area contributed by atoms with Crippen LogP contribution in [0.4, 0.5) is 0 Å². The minimum absolute atomic E-state index is 0.00920. The predicted octanol–water partition coefficient (Wildman–Crippen LogP) is 2.63. The standard InChI is InChI=1S/C41H59N5O7/c1-29(2)22-34(37(49)40(5)28-53-40)42-26-41(27-47,24-32-14-10-7-11-15-32)45-39(51)35(23-30(3)4)44-38(50)33(17-16-31-12-8-6-9-13-31)43-36(48)25-46-18-20-52-21-19-46/h6-15,27,29-30,33-35,42H,16-26,28H2,1-5H3,(H,43,48)(H,44,50)(H,45,51). The Labute approximate surface area is 314 Å². The Bertz CT molecular complexity index is 1490. The summed E-state index contributed by atoms with van der Waals surface area (Å²) < 4.78 is 10.9. The lowest BCUT2D eigenvalue weighted by atomic mass is 9.88. The number of hydrogen-bond donors (Lipinski definition) is 4. The molecular weight excluding hydrogens is 674 g/mol. The maximum absolute atomic E-state index is 14.3. The number of amides is 3. The van der Waals surface area contributed by atoms with Crippen molar-refractivity contribution in [2.75, 3.05) is 46.0 Å². The fourth-order valence-corrected chi connectivity index (χ4v) is 6.64. The number of Topliss-reactive ketones (excluding diaryl/α,β-unsaturated/α-hetero) is 1. The summed E-state index contributed by atoms with van der Waals surface area (Å²) >= 11 is 0. The van der Waals surface area contributed by atoms with E-state index in [-0.39, 0.29) is 43.0 Å². The lowest BCUT2D eigenvalue weighted by molar-refractivity contribution is -0.134. The van der Waals surface area contributed by atoms with Crippen LogP contribution in [0, 0.1) is 11.8 Å². The third-order valence-corrected chi connectivity index (χ3v) is 9.77. The number of aryl methyl sites for hydroxylation is 1. The van der Waals surface area contributed by atoms with Gasteiger partial charge >= 0.3 is 0 Å². The van der Waals surface area contributed by atoms with E-state index in [2.05, 4.69) is 21.3 Å². The lowest BCUT2D eigenvalue weighted by Gasteiger charge is -2.34. The quantitative estimate of drug-likeness (QED) is 0.106. The summed E-state index contributed by atoms with van der Waals surface area (Å²) in [5, 5.41) is 12.2. The van der Waals surface area contributed by atoms with E-state index in [0.29, 0.717) is 58.6 Å². The normalized spacial score (nSPS) is 20.1. The smallest absolute Gasteiger partial charge is 0.243 e. The van der Waals surface area contributed by atoms with Gasteiger partial charge in [-0.15, -0.1) is 0 Å². The van der Waals surface area contributed by atoms with Crippen molar-refractivity contribution in [1.29, 1.82) is 0 Å². The number of carbonyl (C=O) groups is 5. The number of benzene rings is 2. The fraction of sp³-hybridized carbons (Fsp3) is 0.585. The van der Waals surface area contributed by atoms with Crippen LogP contribution in [-0.4, -0.2) is 110 Å². The molecule has 0 aromatic heterocycles. The van der Waals surface area contributed by atoms with Gasteiger partial charge in [-0.05, 0) is 55.6 Å². The fourth-order valence-electron chi connectivity index (χ4n) is 6.64. The number of nitrogens with one attached hydrogen (secondary N) is 4. The predicted molar refractivity (Wildman–Crippen MR) is 203 cm³/mol. The van der Waals surface area contributed by atoms with Crippen LogP contribution >= 0.6 is 0 Å². The molecule has 2 saturated heterocycles. The molecule has 12 heteroatoms. The van der Waals surface area contributed by atoms with Gasteiger partial charge in [0.2, 0.25) is 17.7 Å².